The number of carbonyl (C=O) groups excluding carboxylic acids is 1. The largest absolute Gasteiger partial charge is 0.449 e. The van der Waals surface area contributed by atoms with Crippen LogP contribution >= 0.6 is 0 Å². The maximum Gasteiger partial charge on any atom is 0.427 e. The summed E-state index contributed by atoms with van der Waals surface area (Å²) < 4.78 is 4.68. The summed E-state index contributed by atoms with van der Waals surface area (Å²) >= 11 is 0. The molecule has 4 heteroatoms. The number of benzene rings is 1. The van der Waals surface area contributed by atoms with Crippen LogP contribution in [0.25, 0.3) is 0 Å². The van der Waals surface area contributed by atoms with Gasteiger partial charge in [-0.05, 0) is 23.5 Å². The van der Waals surface area contributed by atoms with Gasteiger partial charge in [0.2, 0.25) is 0 Å². The fraction of sp³-hybridized carbons (Fsp3) is 0.429. The van der Waals surface area contributed by atoms with E-state index < -0.39 is 6.09 Å². The highest BCUT2D eigenvalue weighted by Crippen LogP contribution is 2.21. The normalized spacial score (nSPS) is 11.6. The number of nitrogens with one attached hydrogen (secondary N) is 1. The molecule has 1 aromatic carbocycles. The van der Waals surface area contributed by atoms with E-state index in [0.717, 1.165) is 5.56 Å². The van der Waals surface area contributed by atoms with Crippen molar-refractivity contribution < 1.29 is 9.53 Å². The standard InChI is InChI=1S/C14H20N2O2/c1-5-18-13(17)16-15-10-11-6-8-12(9-7-11)14(2,3)4/h6-10H,5H2,1-4H3,(H,16,17)/b15-10+. The zero-order chi connectivity index (χ0) is 13.6. The predicted molar refractivity (Wildman–Crippen MR) is 72.9 cm³/mol. The molecule has 0 spiro atoms. The first-order valence-corrected chi connectivity index (χ1v) is 6.00. The third-order valence-corrected chi connectivity index (χ3v) is 2.42. The summed E-state index contributed by atoms with van der Waals surface area (Å²) in [4.78, 5) is 11.0. The summed E-state index contributed by atoms with van der Waals surface area (Å²) in [5.74, 6) is 0. The number of carbonyl (C=O) groups is 1. The summed E-state index contributed by atoms with van der Waals surface area (Å²) in [6.45, 7) is 8.57. The molecule has 98 valence electrons. The molecule has 0 saturated heterocycles. The second-order valence-electron chi connectivity index (χ2n) is 4.96. The minimum Gasteiger partial charge on any atom is -0.449 e. The third kappa shape index (κ3) is 4.57. The highest BCUT2D eigenvalue weighted by Gasteiger charge is 2.12. The lowest BCUT2D eigenvalue weighted by atomic mass is 9.87. The summed E-state index contributed by atoms with van der Waals surface area (Å²) in [5.41, 5.74) is 4.62. The molecular weight excluding hydrogens is 228 g/mol. The van der Waals surface area contributed by atoms with E-state index in [4.69, 9.17) is 0 Å². The first-order chi connectivity index (χ1) is 8.43. The number of rotatable bonds is 3. The molecule has 0 bridgehead atoms. The van der Waals surface area contributed by atoms with Crippen molar-refractivity contribution in [1.82, 2.24) is 5.43 Å². The number of nitrogens with zero attached hydrogens (tertiary/aromatic N) is 1. The van der Waals surface area contributed by atoms with Gasteiger partial charge in [0.15, 0.2) is 0 Å². The second kappa shape index (κ2) is 6.19. The van der Waals surface area contributed by atoms with E-state index in [2.05, 4.69) is 48.2 Å². The number of ether oxygens (including phenoxy) is 1. The fourth-order valence-electron chi connectivity index (χ4n) is 1.39. The molecule has 0 aromatic heterocycles. The van der Waals surface area contributed by atoms with Crippen LogP contribution in [0, 0.1) is 0 Å². The van der Waals surface area contributed by atoms with E-state index >= 15 is 0 Å². The fourth-order valence-corrected chi connectivity index (χ4v) is 1.39. The van der Waals surface area contributed by atoms with E-state index in [-0.39, 0.29) is 5.41 Å². The monoisotopic (exact) mass is 248 g/mol. The lowest BCUT2D eigenvalue weighted by Crippen LogP contribution is -2.18. The highest BCUT2D eigenvalue weighted by molar-refractivity contribution is 5.80. The van der Waals surface area contributed by atoms with Crippen LogP contribution in [-0.2, 0) is 10.2 Å². The Kier molecular flexibility index (Phi) is 4.89. The van der Waals surface area contributed by atoms with E-state index in [9.17, 15) is 4.79 Å². The molecule has 0 heterocycles. The van der Waals surface area contributed by atoms with Gasteiger partial charge < -0.3 is 4.74 Å². The van der Waals surface area contributed by atoms with Crippen LogP contribution in [0.2, 0.25) is 0 Å². The Hall–Kier alpha value is -1.84. The average Bonchev–Trinajstić information content (AvgIpc) is 2.29. The lowest BCUT2D eigenvalue weighted by Gasteiger charge is -2.18. The zero-order valence-corrected chi connectivity index (χ0v) is 11.4. The van der Waals surface area contributed by atoms with Gasteiger partial charge in [-0.3, -0.25) is 0 Å². The molecule has 1 N–H and O–H groups in total. The topological polar surface area (TPSA) is 50.7 Å². The van der Waals surface area contributed by atoms with Crippen LogP contribution in [0.4, 0.5) is 4.79 Å². The summed E-state index contributed by atoms with van der Waals surface area (Å²) in [5, 5.41) is 3.80. The number of hydrogen-bond acceptors (Lipinski definition) is 3. The summed E-state index contributed by atoms with van der Waals surface area (Å²) in [6.07, 6.45) is 1.05. The van der Waals surface area contributed by atoms with Crippen molar-refractivity contribution in [3.05, 3.63) is 35.4 Å². The molecule has 0 radical (unpaired) electrons. The minimum absolute atomic E-state index is 0.138. The Labute approximate surface area is 108 Å². The van der Waals surface area contributed by atoms with Crippen molar-refractivity contribution in [3.63, 3.8) is 0 Å². The van der Waals surface area contributed by atoms with E-state index in [1.807, 2.05) is 12.1 Å². The van der Waals surface area contributed by atoms with Crippen molar-refractivity contribution >= 4 is 12.3 Å². The Morgan fingerprint density at radius 3 is 2.44 bits per heavy atom. The van der Waals surface area contributed by atoms with Crippen LogP contribution in [0.5, 0.6) is 0 Å². The van der Waals surface area contributed by atoms with Gasteiger partial charge in [0.1, 0.15) is 0 Å². The molecule has 1 aromatic rings. The third-order valence-electron chi connectivity index (χ3n) is 2.42. The maximum absolute atomic E-state index is 11.0. The van der Waals surface area contributed by atoms with Crippen LogP contribution in [0.15, 0.2) is 29.4 Å². The molecule has 4 nitrogen and oxygen atoms in total. The van der Waals surface area contributed by atoms with Gasteiger partial charge in [-0.1, -0.05) is 45.0 Å². The van der Waals surface area contributed by atoms with E-state index in [0.29, 0.717) is 6.61 Å². The maximum atomic E-state index is 11.0. The first-order valence-electron chi connectivity index (χ1n) is 6.00. The molecule has 0 aliphatic heterocycles. The number of amides is 1. The predicted octanol–water partition coefficient (Wildman–Crippen LogP) is 3.06. The Morgan fingerprint density at radius 2 is 1.94 bits per heavy atom. The van der Waals surface area contributed by atoms with Gasteiger partial charge in [0, 0.05) is 0 Å². The van der Waals surface area contributed by atoms with Gasteiger partial charge in [-0.15, -0.1) is 0 Å². The molecular formula is C14H20N2O2. The molecule has 0 unspecified atom stereocenters. The first kappa shape index (κ1) is 14.2. The van der Waals surface area contributed by atoms with Gasteiger partial charge in [-0.25, -0.2) is 10.2 Å². The van der Waals surface area contributed by atoms with E-state index in [1.54, 1.807) is 13.1 Å². The number of hydrogen-bond donors (Lipinski definition) is 1. The summed E-state index contributed by atoms with van der Waals surface area (Å²) in [6, 6.07) is 8.06. The Balaban J connectivity index is 2.59. The van der Waals surface area contributed by atoms with Gasteiger partial charge >= 0.3 is 6.09 Å². The van der Waals surface area contributed by atoms with Crippen molar-refractivity contribution in [2.45, 2.75) is 33.1 Å². The Bertz CT molecular complexity index is 416. The molecule has 0 aliphatic carbocycles. The number of hydrazone groups is 1. The molecule has 0 atom stereocenters. The van der Waals surface area contributed by atoms with Gasteiger partial charge in [-0.2, -0.15) is 5.10 Å². The van der Waals surface area contributed by atoms with Crippen LogP contribution in [0.1, 0.15) is 38.8 Å². The van der Waals surface area contributed by atoms with Gasteiger partial charge in [0.05, 0.1) is 12.8 Å². The van der Waals surface area contributed by atoms with Crippen LogP contribution in [-0.4, -0.2) is 18.9 Å². The SMILES string of the molecule is CCOC(=O)N/N=C/c1ccc(C(C)(C)C)cc1. The second-order valence-corrected chi connectivity index (χ2v) is 4.96. The van der Waals surface area contributed by atoms with E-state index in [1.165, 1.54) is 5.56 Å². The molecule has 1 rings (SSSR count). The lowest BCUT2D eigenvalue weighted by molar-refractivity contribution is 0.152. The molecule has 0 aliphatic rings. The van der Waals surface area contributed by atoms with Crippen molar-refractivity contribution in [1.29, 1.82) is 0 Å². The summed E-state index contributed by atoms with van der Waals surface area (Å²) in [7, 11) is 0. The molecule has 0 fully saturated rings. The molecule has 18 heavy (non-hydrogen) atoms. The quantitative estimate of drug-likeness (QED) is 0.660. The minimum atomic E-state index is -0.542. The van der Waals surface area contributed by atoms with Crippen LogP contribution in [0.3, 0.4) is 0 Å². The van der Waals surface area contributed by atoms with Gasteiger partial charge in [0.25, 0.3) is 0 Å². The van der Waals surface area contributed by atoms with Crippen molar-refractivity contribution in [2.24, 2.45) is 5.10 Å². The van der Waals surface area contributed by atoms with Crippen molar-refractivity contribution in [2.75, 3.05) is 6.61 Å². The zero-order valence-electron chi connectivity index (χ0n) is 11.4. The van der Waals surface area contributed by atoms with Crippen molar-refractivity contribution in [3.8, 4) is 0 Å². The Morgan fingerprint density at radius 1 is 1.33 bits per heavy atom. The van der Waals surface area contributed by atoms with Crippen LogP contribution < -0.4 is 5.43 Å². The molecule has 1 amide bonds. The smallest absolute Gasteiger partial charge is 0.427 e. The average molecular weight is 248 g/mol. The highest BCUT2D eigenvalue weighted by atomic mass is 16.5. The molecule has 0 saturated carbocycles.